The minimum absolute atomic E-state index is 0.725. The molecule has 1 aromatic carbocycles. The monoisotopic (exact) mass is 290 g/mol. The van der Waals surface area contributed by atoms with Gasteiger partial charge in [-0.3, -0.25) is 4.98 Å². The van der Waals surface area contributed by atoms with Crippen LogP contribution in [0.4, 0.5) is 0 Å². The van der Waals surface area contributed by atoms with E-state index in [4.69, 9.17) is 16.3 Å². The molecule has 0 aliphatic carbocycles. The summed E-state index contributed by atoms with van der Waals surface area (Å²) in [6.45, 7) is 3.70. The maximum Gasteiger partial charge on any atom is 0.0761 e. The number of benzene rings is 1. The first-order valence-corrected chi connectivity index (χ1v) is 7.53. The molecule has 1 fully saturated rings. The molecule has 1 saturated heterocycles. The van der Waals surface area contributed by atoms with E-state index in [-0.39, 0.29) is 0 Å². The standard InChI is InChI=1S/C16H19ClN2O/c17-15-4-3-13(16-14(15)2-1-7-19-16)10-18-8-5-12-6-9-20-11-12/h1-4,7,12,18H,5-6,8-11H2/t12-/m1/s1. The number of aromatic nitrogens is 1. The Kier molecular flexibility index (Phi) is 4.51. The van der Waals surface area contributed by atoms with E-state index in [2.05, 4.69) is 16.4 Å². The Balaban J connectivity index is 1.61. The first-order valence-electron chi connectivity index (χ1n) is 7.15. The van der Waals surface area contributed by atoms with E-state index in [1.165, 1.54) is 18.4 Å². The molecule has 1 atom stereocenters. The maximum absolute atomic E-state index is 6.20. The summed E-state index contributed by atoms with van der Waals surface area (Å²) in [7, 11) is 0. The predicted molar refractivity (Wildman–Crippen MR) is 82.0 cm³/mol. The van der Waals surface area contributed by atoms with Crippen LogP contribution >= 0.6 is 11.6 Å². The average Bonchev–Trinajstić information content (AvgIpc) is 2.99. The fourth-order valence-electron chi connectivity index (χ4n) is 2.68. The summed E-state index contributed by atoms with van der Waals surface area (Å²) in [6, 6.07) is 7.95. The van der Waals surface area contributed by atoms with Gasteiger partial charge in [-0.05, 0) is 49.1 Å². The number of nitrogens with one attached hydrogen (secondary N) is 1. The number of fused-ring (bicyclic) bond motifs is 1. The number of pyridine rings is 1. The average molecular weight is 291 g/mol. The maximum atomic E-state index is 6.20. The van der Waals surface area contributed by atoms with Crippen molar-refractivity contribution in [1.82, 2.24) is 10.3 Å². The highest BCUT2D eigenvalue weighted by atomic mass is 35.5. The Labute approximate surface area is 124 Å². The number of nitrogens with zero attached hydrogens (tertiary/aromatic N) is 1. The van der Waals surface area contributed by atoms with E-state index < -0.39 is 0 Å². The third-order valence-corrected chi connectivity index (χ3v) is 4.20. The van der Waals surface area contributed by atoms with Gasteiger partial charge in [-0.25, -0.2) is 0 Å². The van der Waals surface area contributed by atoms with Gasteiger partial charge in [-0.15, -0.1) is 0 Å². The normalized spacial score (nSPS) is 18.8. The highest BCUT2D eigenvalue weighted by Gasteiger charge is 2.14. The van der Waals surface area contributed by atoms with Gasteiger partial charge >= 0.3 is 0 Å². The molecule has 1 aromatic heterocycles. The van der Waals surface area contributed by atoms with E-state index >= 15 is 0 Å². The lowest BCUT2D eigenvalue weighted by atomic mass is 10.1. The molecule has 0 bridgehead atoms. The summed E-state index contributed by atoms with van der Waals surface area (Å²) in [5, 5.41) is 5.29. The third kappa shape index (κ3) is 3.11. The minimum atomic E-state index is 0.725. The Bertz CT molecular complexity index is 582. The van der Waals surface area contributed by atoms with Gasteiger partial charge in [0.1, 0.15) is 0 Å². The third-order valence-electron chi connectivity index (χ3n) is 3.87. The molecule has 3 rings (SSSR count). The van der Waals surface area contributed by atoms with Crippen molar-refractivity contribution >= 4 is 22.5 Å². The van der Waals surface area contributed by atoms with Gasteiger partial charge in [0.2, 0.25) is 0 Å². The van der Waals surface area contributed by atoms with E-state index in [0.29, 0.717) is 0 Å². The zero-order valence-electron chi connectivity index (χ0n) is 11.4. The molecule has 0 radical (unpaired) electrons. The zero-order valence-corrected chi connectivity index (χ0v) is 12.2. The highest BCUT2D eigenvalue weighted by Crippen LogP contribution is 2.24. The van der Waals surface area contributed by atoms with Crippen LogP contribution in [0.25, 0.3) is 10.9 Å². The van der Waals surface area contributed by atoms with Crippen LogP contribution in [0.2, 0.25) is 5.02 Å². The molecule has 3 nitrogen and oxygen atoms in total. The van der Waals surface area contributed by atoms with Crippen LogP contribution in [0.3, 0.4) is 0 Å². The SMILES string of the molecule is Clc1ccc(CNCC[C@@H]2CCOC2)c2ncccc12. The van der Waals surface area contributed by atoms with Crippen molar-refractivity contribution in [1.29, 1.82) is 0 Å². The zero-order chi connectivity index (χ0) is 13.8. The molecular weight excluding hydrogens is 272 g/mol. The van der Waals surface area contributed by atoms with E-state index in [9.17, 15) is 0 Å². The molecule has 0 amide bonds. The van der Waals surface area contributed by atoms with Crippen molar-refractivity contribution in [3.63, 3.8) is 0 Å². The van der Waals surface area contributed by atoms with Crippen molar-refractivity contribution < 1.29 is 4.74 Å². The lowest BCUT2D eigenvalue weighted by Crippen LogP contribution is -2.18. The molecule has 1 aliphatic heterocycles. The van der Waals surface area contributed by atoms with Crippen LogP contribution in [0.5, 0.6) is 0 Å². The summed E-state index contributed by atoms with van der Waals surface area (Å²) in [5.41, 5.74) is 2.20. The molecule has 1 aliphatic rings. The molecule has 0 unspecified atom stereocenters. The first-order chi connectivity index (χ1) is 9.84. The van der Waals surface area contributed by atoms with Crippen molar-refractivity contribution in [2.75, 3.05) is 19.8 Å². The van der Waals surface area contributed by atoms with Gasteiger partial charge in [-0.1, -0.05) is 17.7 Å². The number of hydrogen-bond donors (Lipinski definition) is 1. The molecule has 4 heteroatoms. The van der Waals surface area contributed by atoms with E-state index in [1.54, 1.807) is 0 Å². The topological polar surface area (TPSA) is 34.1 Å². The van der Waals surface area contributed by atoms with E-state index in [0.717, 1.165) is 48.1 Å². The number of hydrogen-bond acceptors (Lipinski definition) is 3. The Morgan fingerprint density at radius 2 is 2.30 bits per heavy atom. The molecule has 0 saturated carbocycles. The fourth-order valence-corrected chi connectivity index (χ4v) is 2.89. The predicted octanol–water partition coefficient (Wildman–Crippen LogP) is 3.40. The smallest absolute Gasteiger partial charge is 0.0761 e. The summed E-state index contributed by atoms with van der Waals surface area (Å²) in [4.78, 5) is 4.45. The summed E-state index contributed by atoms with van der Waals surface area (Å²) < 4.78 is 5.39. The number of halogens is 1. The van der Waals surface area contributed by atoms with E-state index in [1.807, 2.05) is 24.4 Å². The second kappa shape index (κ2) is 6.53. The highest BCUT2D eigenvalue weighted by molar-refractivity contribution is 6.35. The summed E-state index contributed by atoms with van der Waals surface area (Å²) in [6.07, 6.45) is 4.20. The number of rotatable bonds is 5. The second-order valence-electron chi connectivity index (χ2n) is 5.30. The lowest BCUT2D eigenvalue weighted by Gasteiger charge is -2.10. The molecule has 20 heavy (non-hydrogen) atoms. The van der Waals surface area contributed by atoms with Crippen LogP contribution in [0.1, 0.15) is 18.4 Å². The Morgan fingerprint density at radius 1 is 1.35 bits per heavy atom. The molecule has 2 aromatic rings. The van der Waals surface area contributed by atoms with Gasteiger partial charge in [-0.2, -0.15) is 0 Å². The number of ether oxygens (including phenoxy) is 1. The molecule has 2 heterocycles. The van der Waals surface area contributed by atoms with Crippen molar-refractivity contribution in [2.24, 2.45) is 5.92 Å². The largest absolute Gasteiger partial charge is 0.381 e. The second-order valence-corrected chi connectivity index (χ2v) is 5.71. The van der Waals surface area contributed by atoms with Crippen LogP contribution in [0.15, 0.2) is 30.5 Å². The molecule has 106 valence electrons. The van der Waals surface area contributed by atoms with Gasteiger partial charge in [0.05, 0.1) is 5.52 Å². The minimum Gasteiger partial charge on any atom is -0.381 e. The Hall–Kier alpha value is -1.16. The lowest BCUT2D eigenvalue weighted by molar-refractivity contribution is 0.184. The molecular formula is C16H19ClN2O. The van der Waals surface area contributed by atoms with Crippen molar-refractivity contribution in [3.05, 3.63) is 41.0 Å². The molecule has 1 N–H and O–H groups in total. The fraction of sp³-hybridized carbons (Fsp3) is 0.438. The van der Waals surface area contributed by atoms with Crippen molar-refractivity contribution in [2.45, 2.75) is 19.4 Å². The first kappa shape index (κ1) is 13.8. The Morgan fingerprint density at radius 3 is 3.15 bits per heavy atom. The van der Waals surface area contributed by atoms with Gasteiger partial charge in [0, 0.05) is 36.4 Å². The van der Waals surface area contributed by atoms with Gasteiger partial charge in [0.15, 0.2) is 0 Å². The summed E-state index contributed by atoms with van der Waals surface area (Å²) in [5.74, 6) is 0.725. The summed E-state index contributed by atoms with van der Waals surface area (Å²) >= 11 is 6.20. The van der Waals surface area contributed by atoms with Gasteiger partial charge in [0.25, 0.3) is 0 Å². The quantitative estimate of drug-likeness (QED) is 0.857. The van der Waals surface area contributed by atoms with Crippen LogP contribution in [-0.2, 0) is 11.3 Å². The molecule has 0 spiro atoms. The van der Waals surface area contributed by atoms with Crippen LogP contribution < -0.4 is 5.32 Å². The van der Waals surface area contributed by atoms with Crippen LogP contribution in [0, 0.1) is 5.92 Å². The van der Waals surface area contributed by atoms with Crippen LogP contribution in [-0.4, -0.2) is 24.7 Å². The van der Waals surface area contributed by atoms with Gasteiger partial charge < -0.3 is 10.1 Å². The van der Waals surface area contributed by atoms with Crippen molar-refractivity contribution in [3.8, 4) is 0 Å².